The summed E-state index contributed by atoms with van der Waals surface area (Å²) >= 11 is 6.13. The molecule has 2 amide bonds. The third-order valence-electron chi connectivity index (χ3n) is 5.59. The van der Waals surface area contributed by atoms with Gasteiger partial charge >= 0.3 is 0 Å². The number of benzene rings is 1. The molecule has 6 nitrogen and oxygen atoms in total. The summed E-state index contributed by atoms with van der Waals surface area (Å²) in [6.45, 7) is 4.10. The monoisotopic (exact) mass is 392 g/mol. The Hall–Kier alpha value is -1.92. The lowest BCUT2D eigenvalue weighted by atomic mass is 9.65. The van der Waals surface area contributed by atoms with E-state index in [4.69, 9.17) is 16.3 Å². The van der Waals surface area contributed by atoms with Gasteiger partial charge in [-0.3, -0.25) is 14.4 Å². The van der Waals surface area contributed by atoms with E-state index in [-0.39, 0.29) is 35.5 Å². The van der Waals surface area contributed by atoms with Gasteiger partial charge in [0.2, 0.25) is 11.8 Å². The molecule has 7 heteroatoms. The number of carbonyl (C=O) groups excluding carboxylic acids is 3. The fourth-order valence-electron chi connectivity index (χ4n) is 4.04. The molecule has 0 bridgehead atoms. The largest absolute Gasteiger partial charge is 0.381 e. The van der Waals surface area contributed by atoms with Crippen LogP contribution in [0.25, 0.3) is 0 Å². The van der Waals surface area contributed by atoms with Crippen LogP contribution < -0.4 is 10.6 Å². The Morgan fingerprint density at radius 2 is 2.00 bits per heavy atom. The van der Waals surface area contributed by atoms with Crippen LogP contribution in [-0.4, -0.2) is 36.4 Å². The first-order chi connectivity index (χ1) is 12.8. The van der Waals surface area contributed by atoms with Crippen LogP contribution in [0.3, 0.4) is 0 Å². The van der Waals surface area contributed by atoms with Gasteiger partial charge in [-0.15, -0.1) is 0 Å². The number of nitrogens with one attached hydrogen (secondary N) is 2. The zero-order chi connectivity index (χ0) is 19.6. The van der Waals surface area contributed by atoms with Crippen molar-refractivity contribution in [3.63, 3.8) is 0 Å². The average molecular weight is 393 g/mol. The highest BCUT2D eigenvalue weighted by Crippen LogP contribution is 2.40. The van der Waals surface area contributed by atoms with Gasteiger partial charge in [-0.2, -0.15) is 0 Å². The molecule has 2 aliphatic rings. The van der Waals surface area contributed by atoms with Gasteiger partial charge in [0.1, 0.15) is 0 Å². The summed E-state index contributed by atoms with van der Waals surface area (Å²) in [6.07, 6.45) is 1.53. The van der Waals surface area contributed by atoms with Crippen molar-refractivity contribution in [2.24, 2.45) is 11.8 Å². The van der Waals surface area contributed by atoms with Crippen LogP contribution in [0, 0.1) is 11.8 Å². The van der Waals surface area contributed by atoms with Crippen molar-refractivity contribution in [1.29, 1.82) is 0 Å². The lowest BCUT2D eigenvalue weighted by Gasteiger charge is -2.45. The van der Waals surface area contributed by atoms with E-state index in [2.05, 4.69) is 10.6 Å². The van der Waals surface area contributed by atoms with Crippen LogP contribution in [0.1, 0.15) is 44.7 Å². The Bertz CT molecular complexity index is 739. The van der Waals surface area contributed by atoms with E-state index in [9.17, 15) is 14.4 Å². The fourth-order valence-corrected chi connectivity index (χ4v) is 4.24. The van der Waals surface area contributed by atoms with E-state index in [1.165, 1.54) is 13.8 Å². The summed E-state index contributed by atoms with van der Waals surface area (Å²) in [7, 11) is 0. The molecule has 1 aliphatic heterocycles. The quantitative estimate of drug-likeness (QED) is 0.778. The van der Waals surface area contributed by atoms with Crippen LogP contribution in [0.5, 0.6) is 0 Å². The molecule has 1 saturated heterocycles. The second-order valence-electron chi connectivity index (χ2n) is 7.59. The molecule has 1 aliphatic carbocycles. The molecular weight excluding hydrogens is 368 g/mol. The van der Waals surface area contributed by atoms with Gasteiger partial charge in [0.25, 0.3) is 0 Å². The maximum Gasteiger partial charge on any atom is 0.223 e. The highest BCUT2D eigenvalue weighted by molar-refractivity contribution is 6.30. The number of ketones is 1. The minimum absolute atomic E-state index is 0.103. The number of hydrogen-bond donors (Lipinski definition) is 2. The molecule has 1 heterocycles. The van der Waals surface area contributed by atoms with E-state index in [0.717, 1.165) is 12.0 Å². The molecule has 0 spiro atoms. The number of amides is 2. The first kappa shape index (κ1) is 19.8. The molecule has 2 N–H and O–H groups in total. The number of rotatable bonds is 6. The topological polar surface area (TPSA) is 84.5 Å². The molecule has 0 aromatic heterocycles. The SMILES string of the molecule is CC(=O)NC1(C(C)=O)CC(C(=O)N[C@@H](c2cccc(Cl)c2)[C@@H]2CCOC2)C1. The lowest BCUT2D eigenvalue weighted by Crippen LogP contribution is -2.64. The molecular formula is C20H25ClN2O4. The zero-order valence-electron chi connectivity index (χ0n) is 15.6. The standard InChI is InChI=1S/C20H25ClN2O4/c1-12(24)20(23-13(2)25)9-16(10-20)19(26)22-18(15-6-7-27-11-15)14-4-3-5-17(21)8-14/h3-5,8,15-16,18H,6-7,9-11H2,1-2H3,(H,22,26)(H,23,25)/t15-,16?,18+,20?/m1/s1. The van der Waals surface area contributed by atoms with Gasteiger partial charge in [0.15, 0.2) is 5.78 Å². The van der Waals surface area contributed by atoms with Gasteiger partial charge in [-0.25, -0.2) is 0 Å². The third-order valence-corrected chi connectivity index (χ3v) is 5.83. The lowest BCUT2D eigenvalue weighted by molar-refractivity contribution is -0.142. The number of Topliss-reactive ketones (excluding diaryl/α,β-unsaturated/α-hetero) is 1. The van der Waals surface area contributed by atoms with Gasteiger partial charge in [0.05, 0.1) is 18.2 Å². The highest BCUT2D eigenvalue weighted by Gasteiger charge is 2.51. The van der Waals surface area contributed by atoms with E-state index in [1.54, 1.807) is 6.07 Å². The van der Waals surface area contributed by atoms with Crippen molar-refractivity contribution in [2.45, 2.75) is 44.7 Å². The van der Waals surface area contributed by atoms with Crippen LogP contribution >= 0.6 is 11.6 Å². The van der Waals surface area contributed by atoms with E-state index in [1.807, 2.05) is 18.2 Å². The number of halogens is 1. The van der Waals surface area contributed by atoms with Gasteiger partial charge in [-0.05, 0) is 43.9 Å². The van der Waals surface area contributed by atoms with Crippen LogP contribution in [0.15, 0.2) is 24.3 Å². The predicted octanol–water partition coefficient (Wildman–Crippen LogP) is 2.41. The summed E-state index contributed by atoms with van der Waals surface area (Å²) in [5.74, 6) is -0.597. The van der Waals surface area contributed by atoms with Gasteiger partial charge in [-0.1, -0.05) is 23.7 Å². The van der Waals surface area contributed by atoms with Gasteiger partial charge < -0.3 is 15.4 Å². The van der Waals surface area contributed by atoms with Gasteiger partial charge in [0, 0.05) is 30.4 Å². The zero-order valence-corrected chi connectivity index (χ0v) is 16.3. The number of hydrogen-bond acceptors (Lipinski definition) is 4. The predicted molar refractivity (Wildman–Crippen MR) is 101 cm³/mol. The molecule has 1 saturated carbocycles. The van der Waals surface area contributed by atoms with Crippen molar-refractivity contribution in [2.75, 3.05) is 13.2 Å². The Morgan fingerprint density at radius 3 is 2.56 bits per heavy atom. The van der Waals surface area contributed by atoms with Crippen LogP contribution in [-0.2, 0) is 19.1 Å². The Balaban J connectivity index is 1.70. The summed E-state index contributed by atoms with van der Waals surface area (Å²) in [5.41, 5.74) is 0.0425. The van der Waals surface area contributed by atoms with Crippen LogP contribution in [0.2, 0.25) is 5.02 Å². The van der Waals surface area contributed by atoms with Crippen molar-refractivity contribution in [3.05, 3.63) is 34.9 Å². The summed E-state index contributed by atoms with van der Waals surface area (Å²) < 4.78 is 5.50. The molecule has 1 aromatic rings. The molecule has 3 rings (SSSR count). The van der Waals surface area contributed by atoms with Crippen molar-refractivity contribution < 1.29 is 19.1 Å². The number of carbonyl (C=O) groups is 3. The third kappa shape index (κ3) is 4.33. The highest BCUT2D eigenvalue weighted by atomic mass is 35.5. The van der Waals surface area contributed by atoms with Crippen molar-refractivity contribution >= 4 is 29.2 Å². The second-order valence-corrected chi connectivity index (χ2v) is 8.03. The second kappa shape index (κ2) is 7.98. The minimum atomic E-state index is -0.907. The average Bonchev–Trinajstić information content (AvgIpc) is 3.09. The summed E-state index contributed by atoms with van der Waals surface area (Å²) in [4.78, 5) is 36.2. The Morgan fingerprint density at radius 1 is 1.26 bits per heavy atom. The van der Waals surface area contributed by atoms with E-state index in [0.29, 0.717) is 31.1 Å². The maximum atomic E-state index is 12.8. The van der Waals surface area contributed by atoms with Crippen molar-refractivity contribution in [1.82, 2.24) is 10.6 Å². The molecule has 146 valence electrons. The smallest absolute Gasteiger partial charge is 0.223 e. The molecule has 0 radical (unpaired) electrons. The summed E-state index contributed by atoms with van der Waals surface area (Å²) in [6, 6.07) is 7.30. The van der Waals surface area contributed by atoms with Crippen LogP contribution in [0.4, 0.5) is 0 Å². The molecule has 1 aromatic carbocycles. The Labute approximate surface area is 164 Å². The maximum absolute atomic E-state index is 12.8. The fraction of sp³-hybridized carbons (Fsp3) is 0.550. The molecule has 2 fully saturated rings. The normalized spacial score (nSPS) is 28.1. The Kier molecular flexibility index (Phi) is 5.86. The first-order valence-corrected chi connectivity index (χ1v) is 9.62. The molecule has 0 unspecified atom stereocenters. The van der Waals surface area contributed by atoms with Crippen molar-refractivity contribution in [3.8, 4) is 0 Å². The first-order valence-electron chi connectivity index (χ1n) is 9.24. The summed E-state index contributed by atoms with van der Waals surface area (Å²) in [5, 5.41) is 6.47. The number of ether oxygens (including phenoxy) is 1. The van der Waals surface area contributed by atoms with E-state index >= 15 is 0 Å². The molecule has 27 heavy (non-hydrogen) atoms. The minimum Gasteiger partial charge on any atom is -0.381 e. The van der Waals surface area contributed by atoms with E-state index < -0.39 is 5.54 Å². The molecule has 2 atom stereocenters.